The Morgan fingerprint density at radius 1 is 0.957 bits per heavy atom. The standard InChI is InChI=1S/C37H43N7O3/c1-24(2)16-19-44-35-31(15-9-17-39-35)32(27-11-7-12-28(21-27)47-20-10-18-43-23-38-22-40-43)34(36(44)45)42-37(46)41-33-29(25(3)4)13-8-14-30(33)26(5)6/h7-9,11-17,21-23,25-26H,10,18-20H2,1-6H3,(H2,41,42,46). The first kappa shape index (κ1) is 33.1. The highest BCUT2D eigenvalue weighted by molar-refractivity contribution is 6.07. The van der Waals surface area contributed by atoms with Crippen molar-refractivity contribution in [3.8, 4) is 16.9 Å². The van der Waals surface area contributed by atoms with Crippen molar-refractivity contribution in [3.05, 3.63) is 107 Å². The molecule has 0 bridgehead atoms. The number of rotatable bonds is 12. The van der Waals surface area contributed by atoms with Crippen LogP contribution in [0.4, 0.5) is 16.2 Å². The highest BCUT2D eigenvalue weighted by Gasteiger charge is 2.22. The van der Waals surface area contributed by atoms with Crippen LogP contribution in [0.1, 0.15) is 70.9 Å². The van der Waals surface area contributed by atoms with Crippen LogP contribution in [0.15, 0.2) is 89.9 Å². The molecular weight excluding hydrogens is 590 g/mol. The summed E-state index contributed by atoms with van der Waals surface area (Å²) in [5, 5.41) is 11.0. The van der Waals surface area contributed by atoms with E-state index in [1.807, 2.05) is 74.5 Å². The lowest BCUT2D eigenvalue weighted by molar-refractivity contribution is 0.262. The number of aryl methyl sites for hydroxylation is 1. The molecule has 10 nitrogen and oxygen atoms in total. The van der Waals surface area contributed by atoms with Gasteiger partial charge in [0.2, 0.25) is 0 Å². The summed E-state index contributed by atoms with van der Waals surface area (Å²) in [6.07, 6.45) is 7.57. The fourth-order valence-electron chi connectivity index (χ4n) is 5.60. The van der Waals surface area contributed by atoms with E-state index in [9.17, 15) is 9.59 Å². The lowest BCUT2D eigenvalue weighted by atomic mass is 9.93. The molecule has 2 aromatic carbocycles. The molecule has 2 N–H and O–H groups in total. The SMILES string of the molecule is CC(C)=CCn1c(=O)c(NC(=O)Nc2c(C(C)C)cccc2C(C)C)c(-c2cccc(OCCCn3cncn3)c2)c2cccnc21. The Labute approximate surface area is 275 Å². The first-order chi connectivity index (χ1) is 22.6. The summed E-state index contributed by atoms with van der Waals surface area (Å²) in [5.41, 5.74) is 5.55. The zero-order valence-corrected chi connectivity index (χ0v) is 27.9. The number of ether oxygens (including phenoxy) is 1. The zero-order chi connectivity index (χ0) is 33.5. The minimum absolute atomic E-state index is 0.168. The Morgan fingerprint density at radius 3 is 2.36 bits per heavy atom. The van der Waals surface area contributed by atoms with Gasteiger partial charge in [-0.15, -0.1) is 0 Å². The predicted octanol–water partition coefficient (Wildman–Crippen LogP) is 7.98. The molecule has 0 unspecified atom stereocenters. The third kappa shape index (κ3) is 7.77. The van der Waals surface area contributed by atoms with E-state index in [0.717, 1.165) is 39.8 Å². The summed E-state index contributed by atoms with van der Waals surface area (Å²) in [4.78, 5) is 36.8. The van der Waals surface area contributed by atoms with Crippen LogP contribution in [0.3, 0.4) is 0 Å². The number of carbonyl (C=O) groups is 1. The van der Waals surface area contributed by atoms with E-state index in [-0.39, 0.29) is 23.1 Å². The predicted molar refractivity (Wildman–Crippen MR) is 188 cm³/mol. The van der Waals surface area contributed by atoms with Gasteiger partial charge in [-0.3, -0.25) is 14.0 Å². The Hall–Kier alpha value is -5.25. The molecule has 0 atom stereocenters. The quantitative estimate of drug-likeness (QED) is 0.106. The molecule has 0 aliphatic rings. The van der Waals surface area contributed by atoms with Crippen LogP contribution in [-0.2, 0) is 13.1 Å². The normalized spacial score (nSPS) is 11.2. The molecular formula is C37H43N7O3. The number of hydrogen-bond acceptors (Lipinski definition) is 6. The molecule has 0 aliphatic heterocycles. The molecule has 47 heavy (non-hydrogen) atoms. The first-order valence-corrected chi connectivity index (χ1v) is 16.0. The maximum atomic E-state index is 14.3. The molecule has 5 rings (SSSR count). The van der Waals surface area contributed by atoms with Gasteiger partial charge in [0.05, 0.1) is 6.61 Å². The molecule has 0 aliphatic carbocycles. The number of benzene rings is 2. The van der Waals surface area contributed by atoms with Crippen molar-refractivity contribution < 1.29 is 9.53 Å². The van der Waals surface area contributed by atoms with Gasteiger partial charge < -0.3 is 15.4 Å². The fraction of sp³-hybridized carbons (Fsp3) is 0.324. The van der Waals surface area contributed by atoms with E-state index in [4.69, 9.17) is 4.74 Å². The lowest BCUT2D eigenvalue weighted by Crippen LogP contribution is -2.30. The second kappa shape index (κ2) is 14.9. The van der Waals surface area contributed by atoms with Crippen molar-refractivity contribution in [2.24, 2.45) is 0 Å². The van der Waals surface area contributed by atoms with Crippen LogP contribution in [0.5, 0.6) is 5.75 Å². The summed E-state index contributed by atoms with van der Waals surface area (Å²) in [7, 11) is 0. The fourth-order valence-corrected chi connectivity index (χ4v) is 5.60. The molecule has 3 aromatic heterocycles. The number of carbonyl (C=O) groups excluding carboxylic acids is 1. The summed E-state index contributed by atoms with van der Waals surface area (Å²) >= 11 is 0. The van der Waals surface area contributed by atoms with Gasteiger partial charge in [-0.05, 0) is 66.6 Å². The number of nitrogens with one attached hydrogen (secondary N) is 2. The molecule has 0 spiro atoms. The van der Waals surface area contributed by atoms with Gasteiger partial charge in [-0.25, -0.2) is 14.8 Å². The van der Waals surface area contributed by atoms with Crippen LogP contribution < -0.4 is 20.9 Å². The number of para-hydroxylation sites is 1. The lowest BCUT2D eigenvalue weighted by Gasteiger charge is -2.21. The minimum Gasteiger partial charge on any atom is -0.494 e. The Morgan fingerprint density at radius 2 is 1.68 bits per heavy atom. The van der Waals surface area contributed by atoms with Crippen LogP contribution in [0.25, 0.3) is 22.2 Å². The number of allylic oxidation sites excluding steroid dienone is 2. The van der Waals surface area contributed by atoms with Crippen molar-refractivity contribution >= 4 is 28.4 Å². The van der Waals surface area contributed by atoms with Crippen molar-refractivity contribution in [3.63, 3.8) is 0 Å². The maximum absolute atomic E-state index is 14.3. The van der Waals surface area contributed by atoms with E-state index in [0.29, 0.717) is 36.7 Å². The van der Waals surface area contributed by atoms with Gasteiger partial charge in [0, 0.05) is 42.3 Å². The Kier molecular flexibility index (Phi) is 10.5. The number of hydrogen-bond donors (Lipinski definition) is 2. The van der Waals surface area contributed by atoms with Crippen LogP contribution in [0.2, 0.25) is 0 Å². The topological polar surface area (TPSA) is 116 Å². The molecule has 0 saturated heterocycles. The summed E-state index contributed by atoms with van der Waals surface area (Å²) < 4.78 is 9.46. The average Bonchev–Trinajstić information content (AvgIpc) is 3.57. The molecule has 0 fully saturated rings. The number of anilines is 2. The maximum Gasteiger partial charge on any atom is 0.323 e. The van der Waals surface area contributed by atoms with Crippen LogP contribution >= 0.6 is 0 Å². The van der Waals surface area contributed by atoms with Crippen molar-refractivity contribution in [1.29, 1.82) is 0 Å². The van der Waals surface area contributed by atoms with Gasteiger partial charge in [0.25, 0.3) is 5.56 Å². The number of urea groups is 1. The number of amides is 2. The highest BCUT2D eigenvalue weighted by Crippen LogP contribution is 2.36. The monoisotopic (exact) mass is 633 g/mol. The number of nitrogens with zero attached hydrogens (tertiary/aromatic N) is 5. The van der Waals surface area contributed by atoms with Gasteiger partial charge in [-0.1, -0.05) is 69.7 Å². The summed E-state index contributed by atoms with van der Waals surface area (Å²) in [6, 6.07) is 16.9. The van der Waals surface area contributed by atoms with E-state index < -0.39 is 6.03 Å². The smallest absolute Gasteiger partial charge is 0.323 e. The molecule has 2 amide bonds. The largest absolute Gasteiger partial charge is 0.494 e. The molecule has 10 heteroatoms. The highest BCUT2D eigenvalue weighted by atomic mass is 16.5. The third-order valence-corrected chi connectivity index (χ3v) is 7.94. The number of aromatic nitrogens is 5. The average molecular weight is 634 g/mol. The first-order valence-electron chi connectivity index (χ1n) is 16.0. The minimum atomic E-state index is -0.490. The summed E-state index contributed by atoms with van der Waals surface area (Å²) in [5.74, 6) is 1.02. The van der Waals surface area contributed by atoms with Gasteiger partial charge in [0.1, 0.15) is 29.7 Å². The second-order valence-electron chi connectivity index (χ2n) is 12.4. The van der Waals surface area contributed by atoms with Crippen molar-refractivity contribution in [2.75, 3.05) is 17.2 Å². The number of pyridine rings is 2. The Bertz CT molecular complexity index is 1910. The van der Waals surface area contributed by atoms with E-state index >= 15 is 0 Å². The van der Waals surface area contributed by atoms with Crippen molar-refractivity contribution in [1.82, 2.24) is 24.3 Å². The van der Waals surface area contributed by atoms with E-state index in [2.05, 4.69) is 53.4 Å². The summed E-state index contributed by atoms with van der Waals surface area (Å²) in [6.45, 7) is 13.8. The van der Waals surface area contributed by atoms with Crippen LogP contribution in [0, 0.1) is 0 Å². The molecule has 3 heterocycles. The van der Waals surface area contributed by atoms with Gasteiger partial charge in [-0.2, -0.15) is 5.10 Å². The Balaban J connectivity index is 1.57. The van der Waals surface area contributed by atoms with Crippen molar-refractivity contribution in [2.45, 2.75) is 72.9 Å². The van der Waals surface area contributed by atoms with Gasteiger partial charge in [0.15, 0.2) is 0 Å². The van der Waals surface area contributed by atoms with Crippen LogP contribution in [-0.4, -0.2) is 37.0 Å². The second-order valence-corrected chi connectivity index (χ2v) is 12.4. The molecule has 244 valence electrons. The third-order valence-electron chi connectivity index (χ3n) is 7.94. The zero-order valence-electron chi connectivity index (χ0n) is 27.9. The molecule has 0 saturated carbocycles. The van der Waals surface area contributed by atoms with E-state index in [1.54, 1.807) is 21.8 Å². The van der Waals surface area contributed by atoms with Gasteiger partial charge >= 0.3 is 6.03 Å². The number of fused-ring (bicyclic) bond motifs is 1. The van der Waals surface area contributed by atoms with E-state index in [1.165, 1.54) is 6.33 Å². The molecule has 0 radical (unpaired) electrons. The molecule has 5 aromatic rings.